The molecule has 0 aliphatic heterocycles. The highest BCUT2D eigenvalue weighted by molar-refractivity contribution is 5.88. The van der Waals surface area contributed by atoms with Gasteiger partial charge >= 0.3 is 5.97 Å². The molecule has 5 heteroatoms. The van der Waals surface area contributed by atoms with Crippen LogP contribution in [0, 0.1) is 5.82 Å². The van der Waals surface area contributed by atoms with Gasteiger partial charge in [-0.2, -0.15) is 0 Å². The summed E-state index contributed by atoms with van der Waals surface area (Å²) in [6.07, 6.45) is -0.455. The van der Waals surface area contributed by atoms with Crippen LogP contribution in [0.1, 0.15) is 18.9 Å². The lowest BCUT2D eigenvalue weighted by molar-refractivity contribution is -0.166. The Hall–Kier alpha value is -1.75. The smallest absolute Gasteiger partial charge is 0.343 e. The summed E-state index contributed by atoms with van der Waals surface area (Å²) < 4.78 is 17.5. The van der Waals surface area contributed by atoms with Crippen LogP contribution in [0.5, 0.6) is 0 Å². The molecule has 0 aliphatic carbocycles. The highest BCUT2D eigenvalue weighted by Crippen LogP contribution is 2.27. The van der Waals surface area contributed by atoms with E-state index in [0.29, 0.717) is 0 Å². The third-order valence-electron chi connectivity index (χ3n) is 2.33. The molecule has 17 heavy (non-hydrogen) atoms. The zero-order chi connectivity index (χ0) is 13.1. The van der Waals surface area contributed by atoms with E-state index in [1.54, 1.807) is 0 Å². The van der Waals surface area contributed by atoms with Crippen molar-refractivity contribution in [1.82, 2.24) is 0 Å². The molecule has 1 aromatic carbocycles. The number of esters is 1. The van der Waals surface area contributed by atoms with Gasteiger partial charge in [0.05, 0.1) is 7.11 Å². The summed E-state index contributed by atoms with van der Waals surface area (Å²) in [7, 11) is 1.09. The molecule has 0 bridgehead atoms. The minimum Gasteiger partial charge on any atom is -0.467 e. The number of halogens is 1. The molecule has 4 nitrogen and oxygen atoms in total. The number of rotatable bonds is 4. The standard InChI is InChI=1S/C12H13FO4/c1-8(14)7-12(16,11(15)17-2)9-4-3-5-10(13)6-9/h3-6,16H,7H2,1-2H3. The van der Waals surface area contributed by atoms with E-state index in [0.717, 1.165) is 13.2 Å². The Morgan fingerprint density at radius 1 is 1.47 bits per heavy atom. The molecule has 0 aromatic heterocycles. The predicted octanol–water partition coefficient (Wildman–Crippen LogP) is 1.17. The number of carbonyl (C=O) groups excluding carboxylic acids is 2. The third-order valence-corrected chi connectivity index (χ3v) is 2.33. The highest BCUT2D eigenvalue weighted by Gasteiger charge is 2.40. The van der Waals surface area contributed by atoms with E-state index in [2.05, 4.69) is 4.74 Å². The van der Waals surface area contributed by atoms with Crippen molar-refractivity contribution in [2.24, 2.45) is 0 Å². The van der Waals surface area contributed by atoms with E-state index in [-0.39, 0.29) is 5.56 Å². The summed E-state index contributed by atoms with van der Waals surface area (Å²) in [5.41, 5.74) is -2.14. The Bertz CT molecular complexity index is 444. The number of hydrogen-bond donors (Lipinski definition) is 1. The molecule has 92 valence electrons. The Morgan fingerprint density at radius 2 is 2.12 bits per heavy atom. The Morgan fingerprint density at radius 3 is 2.59 bits per heavy atom. The second kappa shape index (κ2) is 5.05. The van der Waals surface area contributed by atoms with E-state index in [1.165, 1.54) is 25.1 Å². The zero-order valence-electron chi connectivity index (χ0n) is 9.57. The van der Waals surface area contributed by atoms with Crippen molar-refractivity contribution >= 4 is 11.8 Å². The van der Waals surface area contributed by atoms with Gasteiger partial charge in [0.25, 0.3) is 0 Å². The third kappa shape index (κ3) is 2.88. The van der Waals surface area contributed by atoms with Crippen LogP contribution in [0.15, 0.2) is 24.3 Å². The molecule has 1 N–H and O–H groups in total. The number of ketones is 1. The van der Waals surface area contributed by atoms with Crippen LogP contribution in [0.25, 0.3) is 0 Å². The maximum absolute atomic E-state index is 13.1. The van der Waals surface area contributed by atoms with Gasteiger partial charge in [0.1, 0.15) is 11.6 Å². The first-order valence-electron chi connectivity index (χ1n) is 4.96. The maximum Gasteiger partial charge on any atom is 0.343 e. The van der Waals surface area contributed by atoms with Gasteiger partial charge in [-0.25, -0.2) is 9.18 Å². The van der Waals surface area contributed by atoms with E-state index in [1.807, 2.05) is 0 Å². The first-order valence-corrected chi connectivity index (χ1v) is 4.96. The first-order chi connectivity index (χ1) is 7.90. The van der Waals surface area contributed by atoms with Gasteiger partial charge in [-0.15, -0.1) is 0 Å². The van der Waals surface area contributed by atoms with Crippen molar-refractivity contribution in [2.45, 2.75) is 18.9 Å². The van der Waals surface area contributed by atoms with Crippen molar-refractivity contribution in [3.8, 4) is 0 Å². The summed E-state index contributed by atoms with van der Waals surface area (Å²) in [6, 6.07) is 4.89. The fraction of sp³-hybridized carbons (Fsp3) is 0.333. The maximum atomic E-state index is 13.1. The van der Waals surface area contributed by atoms with Gasteiger partial charge < -0.3 is 9.84 Å². The van der Waals surface area contributed by atoms with E-state index >= 15 is 0 Å². The summed E-state index contributed by atoms with van der Waals surface area (Å²) in [4.78, 5) is 22.6. The molecule has 0 aliphatic rings. The average Bonchev–Trinajstić information content (AvgIpc) is 2.26. The first kappa shape index (κ1) is 13.3. The van der Waals surface area contributed by atoms with Gasteiger partial charge in [0.2, 0.25) is 0 Å². The molecule has 0 saturated carbocycles. The Labute approximate surface area is 98.0 Å². The minimum atomic E-state index is -2.14. The average molecular weight is 240 g/mol. The molecular weight excluding hydrogens is 227 g/mol. The van der Waals surface area contributed by atoms with Crippen LogP contribution in [-0.4, -0.2) is 24.0 Å². The van der Waals surface area contributed by atoms with Gasteiger partial charge in [-0.05, 0) is 24.6 Å². The highest BCUT2D eigenvalue weighted by atomic mass is 19.1. The normalized spacial score (nSPS) is 13.9. The van der Waals surface area contributed by atoms with Crippen LogP contribution in [0.2, 0.25) is 0 Å². The topological polar surface area (TPSA) is 63.6 Å². The van der Waals surface area contributed by atoms with E-state index < -0.39 is 29.6 Å². The van der Waals surface area contributed by atoms with Crippen molar-refractivity contribution in [1.29, 1.82) is 0 Å². The number of methoxy groups -OCH3 is 1. The summed E-state index contributed by atoms with van der Waals surface area (Å²) >= 11 is 0. The Kier molecular flexibility index (Phi) is 3.96. The summed E-state index contributed by atoms with van der Waals surface area (Å²) in [5.74, 6) is -1.99. The second-order valence-electron chi connectivity index (χ2n) is 3.74. The molecular formula is C12H13FO4. The van der Waals surface area contributed by atoms with Crippen molar-refractivity contribution < 1.29 is 23.8 Å². The van der Waals surface area contributed by atoms with Crippen LogP contribution < -0.4 is 0 Å². The largest absolute Gasteiger partial charge is 0.467 e. The number of Topliss-reactive ketones (excluding diaryl/α,β-unsaturated/α-hetero) is 1. The number of carbonyl (C=O) groups is 2. The van der Waals surface area contributed by atoms with Gasteiger partial charge in [-0.1, -0.05) is 12.1 Å². The van der Waals surface area contributed by atoms with Crippen molar-refractivity contribution in [2.75, 3.05) is 7.11 Å². The fourth-order valence-corrected chi connectivity index (χ4v) is 1.57. The van der Waals surface area contributed by atoms with Gasteiger partial charge in [0, 0.05) is 6.42 Å². The summed E-state index contributed by atoms with van der Waals surface area (Å²) in [6.45, 7) is 1.23. The molecule has 0 amide bonds. The van der Waals surface area contributed by atoms with E-state index in [9.17, 15) is 19.1 Å². The quantitative estimate of drug-likeness (QED) is 0.802. The molecule has 1 unspecified atom stereocenters. The Balaban J connectivity index is 3.23. The van der Waals surface area contributed by atoms with Crippen LogP contribution in [-0.2, 0) is 19.9 Å². The molecule has 1 rings (SSSR count). The van der Waals surface area contributed by atoms with Crippen molar-refractivity contribution in [3.05, 3.63) is 35.6 Å². The number of aliphatic hydroxyl groups is 1. The molecule has 0 saturated heterocycles. The van der Waals surface area contributed by atoms with Crippen LogP contribution in [0.3, 0.4) is 0 Å². The lowest BCUT2D eigenvalue weighted by Crippen LogP contribution is -2.38. The molecule has 0 fully saturated rings. The molecule has 0 radical (unpaired) electrons. The number of ether oxygens (including phenoxy) is 1. The molecule has 1 aromatic rings. The van der Waals surface area contributed by atoms with Crippen LogP contribution >= 0.6 is 0 Å². The van der Waals surface area contributed by atoms with Crippen LogP contribution in [0.4, 0.5) is 4.39 Å². The van der Waals surface area contributed by atoms with E-state index in [4.69, 9.17) is 0 Å². The second-order valence-corrected chi connectivity index (χ2v) is 3.74. The molecule has 0 heterocycles. The lowest BCUT2D eigenvalue weighted by atomic mass is 9.89. The predicted molar refractivity (Wildman–Crippen MR) is 57.6 cm³/mol. The number of hydrogen-bond acceptors (Lipinski definition) is 4. The monoisotopic (exact) mass is 240 g/mol. The minimum absolute atomic E-state index is 0.000417. The molecule has 1 atom stereocenters. The lowest BCUT2D eigenvalue weighted by Gasteiger charge is -2.24. The SMILES string of the molecule is COC(=O)C(O)(CC(C)=O)c1cccc(F)c1. The van der Waals surface area contributed by atoms with Gasteiger partial charge in [0.15, 0.2) is 5.60 Å². The van der Waals surface area contributed by atoms with Gasteiger partial charge in [-0.3, -0.25) is 4.79 Å². The van der Waals surface area contributed by atoms with Crippen molar-refractivity contribution in [3.63, 3.8) is 0 Å². The zero-order valence-corrected chi connectivity index (χ0v) is 9.57. The summed E-state index contributed by atoms with van der Waals surface area (Å²) in [5, 5.41) is 10.2. The molecule has 0 spiro atoms. The number of benzene rings is 1. The fourth-order valence-electron chi connectivity index (χ4n) is 1.57.